The Balaban J connectivity index is 1.71. The fourth-order valence-electron chi connectivity index (χ4n) is 2.38. The van der Waals surface area contributed by atoms with Gasteiger partial charge in [-0.3, -0.25) is 9.59 Å². The summed E-state index contributed by atoms with van der Waals surface area (Å²) in [4.78, 5) is 26.0. The zero-order chi connectivity index (χ0) is 18.2. The topological polar surface area (TPSA) is 61.4 Å². The summed E-state index contributed by atoms with van der Waals surface area (Å²) in [6.45, 7) is 5.14. The molecule has 0 aliphatic rings. The summed E-state index contributed by atoms with van der Waals surface area (Å²) in [5, 5.41) is 5.47. The Morgan fingerprint density at radius 1 is 0.960 bits per heavy atom. The molecule has 0 saturated heterocycles. The van der Waals surface area contributed by atoms with Crippen molar-refractivity contribution < 1.29 is 9.59 Å². The van der Waals surface area contributed by atoms with Gasteiger partial charge in [0.25, 0.3) is 5.91 Å². The molecule has 0 aliphatic heterocycles. The van der Waals surface area contributed by atoms with Crippen LogP contribution < -0.4 is 15.5 Å². The Hall–Kier alpha value is -2.82. The van der Waals surface area contributed by atoms with Crippen LogP contribution in [-0.4, -0.2) is 38.5 Å². The molecule has 2 N–H and O–H groups in total. The maximum Gasteiger partial charge on any atom is 0.251 e. The zero-order valence-electron chi connectivity index (χ0n) is 15.0. The largest absolute Gasteiger partial charge is 0.373 e. The van der Waals surface area contributed by atoms with E-state index in [-0.39, 0.29) is 18.4 Å². The Labute approximate surface area is 149 Å². The van der Waals surface area contributed by atoms with Gasteiger partial charge in [0, 0.05) is 31.4 Å². The number of hydrogen-bond donors (Lipinski definition) is 2. The molecule has 2 aromatic rings. The minimum Gasteiger partial charge on any atom is -0.373 e. The van der Waals surface area contributed by atoms with Crippen molar-refractivity contribution in [3.8, 4) is 0 Å². The first kappa shape index (κ1) is 18.5. The predicted octanol–water partition coefficient (Wildman–Crippen LogP) is 2.29. The van der Waals surface area contributed by atoms with Crippen molar-refractivity contribution in [1.29, 1.82) is 0 Å². The quantitative estimate of drug-likeness (QED) is 0.814. The van der Waals surface area contributed by atoms with Crippen molar-refractivity contribution in [1.82, 2.24) is 10.6 Å². The summed E-state index contributed by atoms with van der Waals surface area (Å²) >= 11 is 0. The van der Waals surface area contributed by atoms with Crippen molar-refractivity contribution >= 4 is 17.5 Å². The molecule has 5 heteroatoms. The van der Waals surface area contributed by atoms with E-state index < -0.39 is 0 Å². The van der Waals surface area contributed by atoms with E-state index in [1.807, 2.05) is 63.4 Å². The van der Waals surface area contributed by atoms with Gasteiger partial charge in [0.2, 0.25) is 5.91 Å². The van der Waals surface area contributed by atoms with Crippen molar-refractivity contribution in [2.75, 3.05) is 31.6 Å². The van der Waals surface area contributed by atoms with E-state index in [0.717, 1.165) is 16.8 Å². The smallest absolute Gasteiger partial charge is 0.251 e. The summed E-state index contributed by atoms with van der Waals surface area (Å²) in [5.41, 5.74) is 3.86. The number of para-hydroxylation sites is 1. The molecule has 0 radical (unpaired) electrons. The van der Waals surface area contributed by atoms with Crippen molar-refractivity contribution in [3.05, 3.63) is 65.2 Å². The molecule has 0 saturated carbocycles. The minimum absolute atomic E-state index is 0.0270. The van der Waals surface area contributed by atoms with Crippen LogP contribution in [0.15, 0.2) is 48.5 Å². The van der Waals surface area contributed by atoms with Crippen molar-refractivity contribution in [2.45, 2.75) is 13.8 Å². The van der Waals surface area contributed by atoms with Gasteiger partial charge in [-0.25, -0.2) is 0 Å². The molecule has 2 amide bonds. The SMILES string of the molecule is Cc1ccc(C(=O)NCC(=O)NCCN(C)c2ccccc2)cc1C. The molecule has 0 aromatic heterocycles. The van der Waals surface area contributed by atoms with Gasteiger partial charge in [-0.1, -0.05) is 24.3 Å². The van der Waals surface area contributed by atoms with Crippen LogP contribution in [0.25, 0.3) is 0 Å². The van der Waals surface area contributed by atoms with Crippen LogP contribution in [0, 0.1) is 13.8 Å². The highest BCUT2D eigenvalue weighted by Crippen LogP contribution is 2.10. The first-order valence-corrected chi connectivity index (χ1v) is 8.35. The Bertz CT molecular complexity index is 729. The summed E-state index contributed by atoms with van der Waals surface area (Å²) < 4.78 is 0. The van der Waals surface area contributed by atoms with E-state index in [2.05, 4.69) is 15.5 Å². The fraction of sp³-hybridized carbons (Fsp3) is 0.300. The molecule has 0 fully saturated rings. The number of nitrogens with zero attached hydrogens (tertiary/aromatic N) is 1. The lowest BCUT2D eigenvalue weighted by atomic mass is 10.1. The van der Waals surface area contributed by atoms with E-state index in [9.17, 15) is 9.59 Å². The molecule has 2 aromatic carbocycles. The zero-order valence-corrected chi connectivity index (χ0v) is 15.0. The number of likely N-dealkylation sites (N-methyl/N-ethyl adjacent to an activating group) is 1. The number of amides is 2. The first-order valence-electron chi connectivity index (χ1n) is 8.35. The number of hydrogen-bond acceptors (Lipinski definition) is 3. The Morgan fingerprint density at radius 2 is 1.68 bits per heavy atom. The predicted molar refractivity (Wildman–Crippen MR) is 101 cm³/mol. The molecule has 2 rings (SSSR count). The third-order valence-corrected chi connectivity index (χ3v) is 4.14. The van der Waals surface area contributed by atoms with Crippen LogP contribution in [-0.2, 0) is 4.79 Å². The van der Waals surface area contributed by atoms with Gasteiger partial charge in [0.05, 0.1) is 6.54 Å². The maximum absolute atomic E-state index is 12.1. The molecule has 0 aliphatic carbocycles. The molecule has 5 nitrogen and oxygen atoms in total. The number of benzene rings is 2. The molecule has 0 heterocycles. The monoisotopic (exact) mass is 339 g/mol. The highest BCUT2D eigenvalue weighted by atomic mass is 16.2. The third-order valence-electron chi connectivity index (χ3n) is 4.14. The molecule has 0 spiro atoms. The number of nitrogens with one attached hydrogen (secondary N) is 2. The van der Waals surface area contributed by atoms with Crippen molar-refractivity contribution in [3.63, 3.8) is 0 Å². The van der Waals surface area contributed by atoms with Crippen LogP contribution in [0.4, 0.5) is 5.69 Å². The fourth-order valence-corrected chi connectivity index (χ4v) is 2.38. The van der Waals surface area contributed by atoms with E-state index >= 15 is 0 Å². The maximum atomic E-state index is 12.1. The second kappa shape index (κ2) is 8.87. The molecular formula is C20H25N3O2. The second-order valence-electron chi connectivity index (χ2n) is 6.09. The highest BCUT2D eigenvalue weighted by Gasteiger charge is 2.09. The van der Waals surface area contributed by atoms with E-state index in [1.54, 1.807) is 6.07 Å². The number of anilines is 1. The average molecular weight is 339 g/mol. The van der Waals surface area contributed by atoms with Gasteiger partial charge in [0.1, 0.15) is 0 Å². The van der Waals surface area contributed by atoms with E-state index in [0.29, 0.717) is 18.7 Å². The van der Waals surface area contributed by atoms with Gasteiger partial charge in [0.15, 0.2) is 0 Å². The van der Waals surface area contributed by atoms with E-state index in [4.69, 9.17) is 0 Å². The van der Waals surface area contributed by atoms with Gasteiger partial charge < -0.3 is 15.5 Å². The lowest BCUT2D eigenvalue weighted by Gasteiger charge is -2.19. The minimum atomic E-state index is -0.236. The number of carbonyl (C=O) groups is 2. The summed E-state index contributed by atoms with van der Waals surface area (Å²) in [7, 11) is 1.98. The highest BCUT2D eigenvalue weighted by molar-refractivity contribution is 5.96. The van der Waals surface area contributed by atoms with Gasteiger partial charge in [-0.15, -0.1) is 0 Å². The van der Waals surface area contributed by atoms with Crippen LogP contribution in [0.2, 0.25) is 0 Å². The molecule has 25 heavy (non-hydrogen) atoms. The standard InChI is InChI=1S/C20H25N3O2/c1-15-9-10-17(13-16(15)2)20(25)22-14-19(24)21-11-12-23(3)18-7-5-4-6-8-18/h4-10,13H,11-12,14H2,1-3H3,(H,21,24)(H,22,25). The van der Waals surface area contributed by atoms with Gasteiger partial charge >= 0.3 is 0 Å². The lowest BCUT2D eigenvalue weighted by Crippen LogP contribution is -2.40. The molecular weight excluding hydrogens is 314 g/mol. The van der Waals surface area contributed by atoms with Crippen LogP contribution in [0.3, 0.4) is 0 Å². The van der Waals surface area contributed by atoms with Gasteiger partial charge in [-0.2, -0.15) is 0 Å². The Kier molecular flexibility index (Phi) is 6.57. The molecule has 132 valence electrons. The molecule has 0 atom stereocenters. The van der Waals surface area contributed by atoms with E-state index in [1.165, 1.54) is 0 Å². The summed E-state index contributed by atoms with van der Waals surface area (Å²) in [5.74, 6) is -0.432. The summed E-state index contributed by atoms with van der Waals surface area (Å²) in [6, 6.07) is 15.5. The average Bonchev–Trinajstić information content (AvgIpc) is 2.62. The van der Waals surface area contributed by atoms with Crippen molar-refractivity contribution in [2.24, 2.45) is 0 Å². The van der Waals surface area contributed by atoms with Crippen LogP contribution in [0.1, 0.15) is 21.5 Å². The Morgan fingerprint density at radius 3 is 2.36 bits per heavy atom. The number of aryl methyl sites for hydroxylation is 2. The summed E-state index contributed by atoms with van der Waals surface area (Å²) in [6.07, 6.45) is 0. The second-order valence-corrected chi connectivity index (χ2v) is 6.09. The van der Waals surface area contributed by atoms with Crippen LogP contribution >= 0.6 is 0 Å². The number of carbonyl (C=O) groups excluding carboxylic acids is 2. The van der Waals surface area contributed by atoms with Crippen LogP contribution in [0.5, 0.6) is 0 Å². The molecule has 0 bridgehead atoms. The first-order chi connectivity index (χ1) is 12.0. The third kappa shape index (κ3) is 5.64. The molecule has 0 unspecified atom stereocenters. The van der Waals surface area contributed by atoms with Gasteiger partial charge in [-0.05, 0) is 49.2 Å². The normalized spacial score (nSPS) is 10.2. The lowest BCUT2D eigenvalue weighted by molar-refractivity contribution is -0.120. The number of rotatable bonds is 7.